The van der Waals surface area contributed by atoms with E-state index < -0.39 is 26.7 Å². The van der Waals surface area contributed by atoms with Crippen LogP contribution in [0, 0.1) is 0 Å². The third kappa shape index (κ3) is 4.25. The second-order valence-corrected chi connectivity index (χ2v) is 7.40. The summed E-state index contributed by atoms with van der Waals surface area (Å²) >= 11 is 5.84. The van der Waals surface area contributed by atoms with E-state index in [1.54, 1.807) is 24.3 Å². The van der Waals surface area contributed by atoms with Crippen LogP contribution in [0.15, 0.2) is 53.4 Å². The number of nitrogens with zero attached hydrogens (tertiary/aromatic N) is 1. The van der Waals surface area contributed by atoms with Gasteiger partial charge in [-0.1, -0.05) is 29.8 Å². The van der Waals surface area contributed by atoms with Crippen molar-refractivity contribution in [2.24, 2.45) is 0 Å². The number of benzene rings is 2. The molecule has 0 aliphatic carbocycles. The summed E-state index contributed by atoms with van der Waals surface area (Å²) in [5, 5.41) is 0.451. The summed E-state index contributed by atoms with van der Waals surface area (Å²) in [5.74, 6) is 0. The predicted octanol–water partition coefficient (Wildman–Crippen LogP) is 4.18. The normalized spacial score (nSPS) is 12.6. The Labute approximate surface area is 137 Å². The molecule has 0 saturated carbocycles. The summed E-state index contributed by atoms with van der Waals surface area (Å²) in [6.45, 7) is -0.000854. The van der Waals surface area contributed by atoms with Gasteiger partial charge in [0.2, 0.25) is 10.0 Å². The van der Waals surface area contributed by atoms with Crippen LogP contribution in [0.25, 0.3) is 0 Å². The SMILES string of the molecule is CN(Cc1cccc(Cl)c1)S(=O)(=O)c1cccc(C(F)(F)F)c1. The minimum Gasteiger partial charge on any atom is -0.207 e. The van der Waals surface area contributed by atoms with Crippen molar-refractivity contribution in [3.63, 3.8) is 0 Å². The average Bonchev–Trinajstić information content (AvgIpc) is 2.46. The van der Waals surface area contributed by atoms with Gasteiger partial charge in [-0.2, -0.15) is 17.5 Å². The monoisotopic (exact) mass is 363 g/mol. The molecule has 0 unspecified atom stereocenters. The zero-order valence-corrected chi connectivity index (χ0v) is 13.6. The van der Waals surface area contributed by atoms with Crippen molar-refractivity contribution in [2.45, 2.75) is 17.6 Å². The van der Waals surface area contributed by atoms with Crippen molar-refractivity contribution in [1.29, 1.82) is 0 Å². The number of hydrogen-bond donors (Lipinski definition) is 0. The lowest BCUT2D eigenvalue weighted by Gasteiger charge is -2.18. The Kier molecular flexibility index (Phi) is 5.03. The van der Waals surface area contributed by atoms with Crippen LogP contribution in [-0.2, 0) is 22.7 Å². The number of sulfonamides is 1. The molecule has 0 fully saturated rings. The molecular weight excluding hydrogens is 351 g/mol. The summed E-state index contributed by atoms with van der Waals surface area (Å²) in [6.07, 6.45) is -4.60. The van der Waals surface area contributed by atoms with Crippen LogP contribution in [0.3, 0.4) is 0 Å². The highest BCUT2D eigenvalue weighted by Gasteiger charge is 2.32. The molecule has 124 valence electrons. The second-order valence-electron chi connectivity index (χ2n) is 4.92. The average molecular weight is 364 g/mol. The molecule has 3 nitrogen and oxygen atoms in total. The lowest BCUT2D eigenvalue weighted by atomic mass is 10.2. The lowest BCUT2D eigenvalue weighted by molar-refractivity contribution is -0.137. The molecule has 8 heteroatoms. The maximum atomic E-state index is 12.7. The molecule has 0 spiro atoms. The molecule has 0 aromatic heterocycles. The Bertz CT molecular complexity index is 806. The van der Waals surface area contributed by atoms with E-state index in [2.05, 4.69) is 0 Å². The molecule has 2 rings (SSSR count). The van der Waals surface area contributed by atoms with Crippen LogP contribution in [-0.4, -0.2) is 19.8 Å². The van der Waals surface area contributed by atoms with Crippen LogP contribution < -0.4 is 0 Å². The van der Waals surface area contributed by atoms with Crippen LogP contribution in [0.1, 0.15) is 11.1 Å². The van der Waals surface area contributed by atoms with E-state index in [1.807, 2.05) is 0 Å². The first-order valence-corrected chi connectivity index (χ1v) is 8.30. The lowest BCUT2D eigenvalue weighted by Crippen LogP contribution is -2.26. The maximum Gasteiger partial charge on any atom is 0.416 e. The van der Waals surface area contributed by atoms with Gasteiger partial charge in [-0.05, 0) is 35.9 Å². The molecule has 0 amide bonds. The Morgan fingerprint density at radius 1 is 1.09 bits per heavy atom. The van der Waals surface area contributed by atoms with E-state index in [-0.39, 0.29) is 6.54 Å². The minimum absolute atomic E-state index is 0.000854. The van der Waals surface area contributed by atoms with E-state index in [1.165, 1.54) is 7.05 Å². The fourth-order valence-corrected chi connectivity index (χ4v) is 3.41. The number of alkyl halides is 3. The highest BCUT2D eigenvalue weighted by atomic mass is 35.5. The molecule has 2 aromatic rings. The molecular formula is C15H13ClF3NO2S. The number of halogens is 4. The van der Waals surface area contributed by atoms with Gasteiger partial charge in [0.15, 0.2) is 0 Å². The summed E-state index contributed by atoms with van der Waals surface area (Å²) in [6, 6.07) is 10.3. The van der Waals surface area contributed by atoms with Gasteiger partial charge in [0.1, 0.15) is 0 Å². The Morgan fingerprint density at radius 2 is 1.74 bits per heavy atom. The highest BCUT2D eigenvalue weighted by Crippen LogP contribution is 2.31. The standard InChI is InChI=1S/C15H13ClF3NO2S/c1-20(10-11-4-2-6-13(16)8-11)23(21,22)14-7-3-5-12(9-14)15(17,18)19/h2-9H,10H2,1H3. The first-order chi connectivity index (χ1) is 10.6. The largest absolute Gasteiger partial charge is 0.416 e. The van der Waals surface area contributed by atoms with Gasteiger partial charge < -0.3 is 0 Å². The Balaban J connectivity index is 2.31. The third-order valence-electron chi connectivity index (χ3n) is 3.16. The first kappa shape index (κ1) is 17.8. The van der Waals surface area contributed by atoms with Gasteiger partial charge in [-0.25, -0.2) is 8.42 Å². The molecule has 0 bridgehead atoms. The summed E-state index contributed by atoms with van der Waals surface area (Å²) in [7, 11) is -2.74. The van der Waals surface area contributed by atoms with E-state index in [0.717, 1.165) is 22.5 Å². The third-order valence-corrected chi connectivity index (χ3v) is 5.20. The number of rotatable bonds is 4. The fraction of sp³-hybridized carbons (Fsp3) is 0.200. The molecule has 0 atom stereocenters. The van der Waals surface area contributed by atoms with Gasteiger partial charge in [0.25, 0.3) is 0 Å². The van der Waals surface area contributed by atoms with Gasteiger partial charge in [0.05, 0.1) is 10.5 Å². The van der Waals surface area contributed by atoms with Crippen molar-refractivity contribution in [3.05, 3.63) is 64.7 Å². The topological polar surface area (TPSA) is 37.4 Å². The van der Waals surface area contributed by atoms with E-state index in [9.17, 15) is 21.6 Å². The molecule has 0 N–H and O–H groups in total. The van der Waals surface area contributed by atoms with Crippen molar-refractivity contribution in [3.8, 4) is 0 Å². The van der Waals surface area contributed by atoms with Gasteiger partial charge in [-0.15, -0.1) is 0 Å². The first-order valence-electron chi connectivity index (χ1n) is 6.49. The van der Waals surface area contributed by atoms with Crippen LogP contribution in [0.5, 0.6) is 0 Å². The zero-order valence-electron chi connectivity index (χ0n) is 12.0. The highest BCUT2D eigenvalue weighted by molar-refractivity contribution is 7.89. The summed E-state index contributed by atoms with van der Waals surface area (Å²) < 4.78 is 64.0. The van der Waals surface area contributed by atoms with Crippen molar-refractivity contribution < 1.29 is 21.6 Å². The smallest absolute Gasteiger partial charge is 0.207 e. The van der Waals surface area contributed by atoms with Gasteiger partial charge >= 0.3 is 6.18 Å². The van der Waals surface area contributed by atoms with Crippen molar-refractivity contribution >= 4 is 21.6 Å². The molecule has 0 heterocycles. The molecule has 0 aliphatic rings. The van der Waals surface area contributed by atoms with Crippen LogP contribution >= 0.6 is 11.6 Å². The van der Waals surface area contributed by atoms with Gasteiger partial charge in [0, 0.05) is 18.6 Å². The number of hydrogen-bond acceptors (Lipinski definition) is 2. The molecule has 0 radical (unpaired) electrons. The van der Waals surface area contributed by atoms with E-state index in [0.29, 0.717) is 16.7 Å². The maximum absolute atomic E-state index is 12.7. The molecule has 0 aliphatic heterocycles. The molecule has 2 aromatic carbocycles. The van der Waals surface area contributed by atoms with E-state index in [4.69, 9.17) is 11.6 Å². The zero-order chi connectivity index (χ0) is 17.3. The second kappa shape index (κ2) is 6.51. The predicted molar refractivity (Wildman–Crippen MR) is 81.5 cm³/mol. The van der Waals surface area contributed by atoms with Crippen LogP contribution in [0.4, 0.5) is 13.2 Å². The summed E-state index contributed by atoms with van der Waals surface area (Å²) in [4.78, 5) is -0.406. The molecule has 0 saturated heterocycles. The Morgan fingerprint density at radius 3 is 2.35 bits per heavy atom. The van der Waals surface area contributed by atoms with Crippen molar-refractivity contribution in [1.82, 2.24) is 4.31 Å². The van der Waals surface area contributed by atoms with E-state index >= 15 is 0 Å². The summed E-state index contributed by atoms with van der Waals surface area (Å²) in [5.41, 5.74) is -0.370. The van der Waals surface area contributed by atoms with Crippen LogP contribution in [0.2, 0.25) is 5.02 Å². The minimum atomic E-state index is -4.60. The Hall–Kier alpha value is -1.57. The quantitative estimate of drug-likeness (QED) is 0.817. The fourth-order valence-electron chi connectivity index (χ4n) is 1.99. The van der Waals surface area contributed by atoms with Crippen molar-refractivity contribution in [2.75, 3.05) is 7.05 Å². The van der Waals surface area contributed by atoms with Gasteiger partial charge in [-0.3, -0.25) is 0 Å². The molecule has 23 heavy (non-hydrogen) atoms.